The van der Waals surface area contributed by atoms with Gasteiger partial charge in [-0.05, 0) is 44.9 Å². The lowest BCUT2D eigenvalue weighted by Crippen LogP contribution is -2.39. The fraction of sp³-hybridized carbons (Fsp3) is 0.400. The highest BCUT2D eigenvalue weighted by Gasteiger charge is 2.30. The van der Waals surface area contributed by atoms with Crippen LogP contribution in [0.1, 0.15) is 38.3 Å². The monoisotopic (exact) mass is 288 g/mol. The molecule has 0 atom stereocenters. The fourth-order valence-corrected chi connectivity index (χ4v) is 1.95. The normalized spacial score (nSPS) is 14.2. The Bertz CT molecular complexity index is 626. The molecule has 0 spiro atoms. The number of hydrogen-bond acceptors (Lipinski definition) is 5. The lowest BCUT2D eigenvalue weighted by Gasteiger charge is -2.28. The Morgan fingerprint density at radius 2 is 2.05 bits per heavy atom. The van der Waals surface area contributed by atoms with Crippen molar-refractivity contribution < 1.29 is 19.2 Å². The van der Waals surface area contributed by atoms with Crippen LogP contribution in [-0.2, 0) is 20.8 Å². The molecule has 1 aromatic rings. The second-order valence-corrected chi connectivity index (χ2v) is 5.70. The first-order valence-corrected chi connectivity index (χ1v) is 6.57. The van der Waals surface area contributed by atoms with Gasteiger partial charge >= 0.3 is 6.16 Å². The van der Waals surface area contributed by atoms with Gasteiger partial charge in [0.25, 0.3) is 5.91 Å². The third-order valence-corrected chi connectivity index (χ3v) is 2.82. The number of aryl methyl sites for hydroxylation is 1. The number of rotatable bonds is 1. The van der Waals surface area contributed by atoms with Gasteiger partial charge in [-0.25, -0.2) is 4.79 Å². The summed E-state index contributed by atoms with van der Waals surface area (Å²) in [4.78, 5) is 28.7. The Kier molecular flexibility index (Phi) is 3.85. The van der Waals surface area contributed by atoms with Crippen molar-refractivity contribution in [3.63, 3.8) is 0 Å². The van der Waals surface area contributed by atoms with Crippen LogP contribution in [-0.4, -0.2) is 17.7 Å². The van der Waals surface area contributed by atoms with E-state index in [9.17, 15) is 9.59 Å². The molecule has 110 valence electrons. The number of nitriles is 1. The van der Waals surface area contributed by atoms with Crippen LogP contribution in [0.2, 0.25) is 0 Å². The van der Waals surface area contributed by atoms with Crippen molar-refractivity contribution in [3.8, 4) is 6.07 Å². The van der Waals surface area contributed by atoms with E-state index >= 15 is 0 Å². The molecule has 0 fully saturated rings. The fourth-order valence-electron chi connectivity index (χ4n) is 1.95. The van der Waals surface area contributed by atoms with E-state index in [0.29, 0.717) is 17.7 Å². The Balaban J connectivity index is 2.26. The molecule has 2 rings (SSSR count). The third-order valence-electron chi connectivity index (χ3n) is 2.82. The van der Waals surface area contributed by atoms with Crippen LogP contribution in [0.25, 0.3) is 0 Å². The number of hydrogen-bond donors (Lipinski definition) is 0. The Labute approximate surface area is 122 Å². The van der Waals surface area contributed by atoms with E-state index in [1.807, 2.05) is 6.07 Å². The quantitative estimate of drug-likeness (QED) is 0.742. The summed E-state index contributed by atoms with van der Waals surface area (Å²) in [6.07, 6.45) is -0.165. The molecule has 1 aliphatic rings. The summed E-state index contributed by atoms with van der Waals surface area (Å²) in [7, 11) is 0. The van der Waals surface area contributed by atoms with E-state index in [1.165, 1.54) is 6.07 Å². The Hall–Kier alpha value is -2.55. The standard InChI is InChI=1S/C15H16N2O4/c1-15(2,3)20-14(19)21-17-12-8-10(9-16)4-5-11(12)6-7-13(17)18/h4-5,8H,6-7H2,1-3H3. The van der Waals surface area contributed by atoms with Crippen LogP contribution in [0.3, 0.4) is 0 Å². The molecule has 0 aromatic heterocycles. The van der Waals surface area contributed by atoms with Gasteiger partial charge in [-0.15, -0.1) is 5.06 Å². The molecule has 0 N–H and O–H groups in total. The predicted octanol–water partition coefficient (Wildman–Crippen LogP) is 2.70. The molecule has 0 saturated heterocycles. The summed E-state index contributed by atoms with van der Waals surface area (Å²) in [5.74, 6) is -0.344. The number of amides is 1. The summed E-state index contributed by atoms with van der Waals surface area (Å²) < 4.78 is 5.04. The third kappa shape index (κ3) is 3.51. The Morgan fingerprint density at radius 1 is 1.33 bits per heavy atom. The maximum Gasteiger partial charge on any atom is 0.534 e. The zero-order chi connectivity index (χ0) is 15.6. The molecule has 0 unspecified atom stereocenters. The molecule has 1 amide bonds. The highest BCUT2D eigenvalue weighted by atomic mass is 16.8. The van der Waals surface area contributed by atoms with Crippen LogP contribution in [0.15, 0.2) is 18.2 Å². The van der Waals surface area contributed by atoms with Crippen LogP contribution in [0.4, 0.5) is 10.5 Å². The zero-order valence-corrected chi connectivity index (χ0v) is 12.2. The molecule has 0 radical (unpaired) electrons. The number of ether oxygens (including phenoxy) is 1. The van der Waals surface area contributed by atoms with Crippen molar-refractivity contribution in [1.29, 1.82) is 5.26 Å². The van der Waals surface area contributed by atoms with Gasteiger partial charge in [-0.2, -0.15) is 5.26 Å². The van der Waals surface area contributed by atoms with Crippen molar-refractivity contribution in [1.82, 2.24) is 0 Å². The van der Waals surface area contributed by atoms with Crippen LogP contribution < -0.4 is 5.06 Å². The number of benzene rings is 1. The maximum atomic E-state index is 12.0. The molecule has 6 heteroatoms. The SMILES string of the molecule is CC(C)(C)OC(=O)ON1C(=O)CCc2ccc(C#N)cc21. The van der Waals surface area contributed by atoms with Crippen molar-refractivity contribution in [3.05, 3.63) is 29.3 Å². The first-order valence-electron chi connectivity index (χ1n) is 6.57. The minimum absolute atomic E-state index is 0.238. The topological polar surface area (TPSA) is 79.6 Å². The summed E-state index contributed by atoms with van der Waals surface area (Å²) in [6.45, 7) is 5.11. The molecule has 1 aromatic carbocycles. The molecule has 0 bridgehead atoms. The molecule has 0 aliphatic carbocycles. The highest BCUT2D eigenvalue weighted by Crippen LogP contribution is 2.29. The summed E-state index contributed by atoms with van der Waals surface area (Å²) in [6, 6.07) is 6.94. The van der Waals surface area contributed by atoms with E-state index < -0.39 is 11.8 Å². The van der Waals surface area contributed by atoms with Crippen LogP contribution in [0.5, 0.6) is 0 Å². The number of anilines is 1. The molecular weight excluding hydrogens is 272 g/mol. The van der Waals surface area contributed by atoms with Gasteiger partial charge in [-0.1, -0.05) is 6.07 Å². The summed E-state index contributed by atoms with van der Waals surface area (Å²) in [5, 5.41) is 9.85. The second kappa shape index (κ2) is 5.44. The maximum absolute atomic E-state index is 12.0. The minimum atomic E-state index is -0.953. The van der Waals surface area contributed by atoms with Crippen LogP contribution >= 0.6 is 0 Å². The molecule has 21 heavy (non-hydrogen) atoms. The first-order chi connectivity index (χ1) is 9.80. The van der Waals surface area contributed by atoms with Gasteiger partial charge in [0.05, 0.1) is 17.3 Å². The average Bonchev–Trinajstić information content (AvgIpc) is 2.39. The number of fused-ring (bicyclic) bond motifs is 1. The molecule has 6 nitrogen and oxygen atoms in total. The van der Waals surface area contributed by atoms with Crippen molar-refractivity contribution in [2.45, 2.75) is 39.2 Å². The molecule has 0 saturated carbocycles. The van der Waals surface area contributed by atoms with Gasteiger partial charge in [-0.3, -0.25) is 9.63 Å². The van der Waals surface area contributed by atoms with Gasteiger partial charge in [0.1, 0.15) is 5.60 Å². The Morgan fingerprint density at radius 3 is 2.67 bits per heavy atom. The predicted molar refractivity (Wildman–Crippen MR) is 74.3 cm³/mol. The number of nitrogens with zero attached hydrogens (tertiary/aromatic N) is 2. The van der Waals surface area contributed by atoms with Crippen molar-refractivity contribution >= 4 is 17.7 Å². The summed E-state index contributed by atoms with van der Waals surface area (Å²) in [5.41, 5.74) is 0.933. The molecular formula is C15H16N2O4. The van der Waals surface area contributed by atoms with E-state index in [0.717, 1.165) is 10.6 Å². The van der Waals surface area contributed by atoms with Gasteiger partial charge in [0.15, 0.2) is 0 Å². The average molecular weight is 288 g/mol. The smallest absolute Gasteiger partial charge is 0.427 e. The lowest BCUT2D eigenvalue weighted by molar-refractivity contribution is -0.126. The van der Waals surface area contributed by atoms with Crippen molar-refractivity contribution in [2.24, 2.45) is 0 Å². The minimum Gasteiger partial charge on any atom is -0.427 e. The van der Waals surface area contributed by atoms with E-state index in [4.69, 9.17) is 14.8 Å². The van der Waals surface area contributed by atoms with Gasteiger partial charge in [0, 0.05) is 6.42 Å². The van der Waals surface area contributed by atoms with Gasteiger partial charge in [0.2, 0.25) is 0 Å². The zero-order valence-electron chi connectivity index (χ0n) is 12.2. The van der Waals surface area contributed by atoms with E-state index in [-0.39, 0.29) is 12.3 Å². The second-order valence-electron chi connectivity index (χ2n) is 5.70. The first kappa shape index (κ1) is 14.9. The largest absolute Gasteiger partial charge is 0.534 e. The molecule has 1 aliphatic heterocycles. The van der Waals surface area contributed by atoms with E-state index in [1.54, 1.807) is 32.9 Å². The number of hydroxylamine groups is 1. The highest BCUT2D eigenvalue weighted by molar-refractivity contribution is 5.96. The lowest BCUT2D eigenvalue weighted by atomic mass is 10.0. The molecule has 1 heterocycles. The number of carbonyl (C=O) groups excluding carboxylic acids is 2. The van der Waals surface area contributed by atoms with Gasteiger partial charge < -0.3 is 4.74 Å². The number of carbonyl (C=O) groups is 2. The van der Waals surface area contributed by atoms with E-state index in [2.05, 4.69) is 0 Å². The van der Waals surface area contributed by atoms with Crippen LogP contribution in [0, 0.1) is 11.3 Å². The van der Waals surface area contributed by atoms with Crippen molar-refractivity contribution in [2.75, 3.05) is 5.06 Å². The summed E-state index contributed by atoms with van der Waals surface area (Å²) >= 11 is 0.